The quantitative estimate of drug-likeness (QED) is 0.681. The van der Waals surface area contributed by atoms with Crippen molar-refractivity contribution in [1.29, 1.82) is 0 Å². The molecule has 0 unspecified atom stereocenters. The molecule has 0 aromatic carbocycles. The van der Waals surface area contributed by atoms with E-state index in [1.54, 1.807) is 12.1 Å². The molecule has 2 N–H and O–H groups in total. The second kappa shape index (κ2) is 7.98. The van der Waals surface area contributed by atoms with Crippen molar-refractivity contribution in [3.8, 4) is 0 Å². The number of carbonyl (C=O) groups is 3. The molecular weight excluding hydrogens is 266 g/mol. The summed E-state index contributed by atoms with van der Waals surface area (Å²) < 4.78 is 9.50. The van der Waals surface area contributed by atoms with Gasteiger partial charge in [0.25, 0.3) is 0 Å². The summed E-state index contributed by atoms with van der Waals surface area (Å²) in [6.45, 7) is 0. The Balaban J connectivity index is 2.38. The van der Waals surface area contributed by atoms with Gasteiger partial charge in [0, 0.05) is 19.3 Å². The number of hydrogen-bond acceptors (Lipinski definition) is 5. The van der Waals surface area contributed by atoms with Crippen LogP contribution in [0.15, 0.2) is 22.8 Å². The standard InChI is InChI=1S/C13H17NO6/c1-19-12(16)7-5-10(13(17)18)14-11(15)6-4-9-3-2-8-20-9/h2-3,8,10H,4-7H2,1H3,(H,14,15)(H,17,18)/t10-/m1/s1. The van der Waals surface area contributed by atoms with Gasteiger partial charge in [-0.1, -0.05) is 0 Å². The summed E-state index contributed by atoms with van der Waals surface area (Å²) in [7, 11) is 1.22. The van der Waals surface area contributed by atoms with Crippen LogP contribution >= 0.6 is 0 Å². The van der Waals surface area contributed by atoms with Crippen LogP contribution in [-0.2, 0) is 25.5 Å². The second-order valence-corrected chi connectivity index (χ2v) is 4.15. The summed E-state index contributed by atoms with van der Waals surface area (Å²) in [6.07, 6.45) is 1.95. The molecule has 0 fully saturated rings. The fourth-order valence-corrected chi connectivity index (χ4v) is 1.58. The van der Waals surface area contributed by atoms with E-state index in [0.29, 0.717) is 12.2 Å². The summed E-state index contributed by atoms with van der Waals surface area (Å²) in [5.74, 6) is -1.44. The third kappa shape index (κ3) is 5.55. The number of rotatable bonds is 8. The number of carboxylic acids is 1. The van der Waals surface area contributed by atoms with Gasteiger partial charge in [-0.2, -0.15) is 0 Å². The summed E-state index contributed by atoms with van der Waals surface area (Å²) in [5, 5.41) is 11.3. The lowest BCUT2D eigenvalue weighted by Crippen LogP contribution is -2.41. The van der Waals surface area contributed by atoms with Gasteiger partial charge >= 0.3 is 11.9 Å². The van der Waals surface area contributed by atoms with Gasteiger partial charge in [0.1, 0.15) is 11.8 Å². The number of carboxylic acid groups (broad SMARTS) is 1. The predicted octanol–water partition coefficient (Wildman–Crippen LogP) is 0.735. The molecule has 0 aliphatic rings. The average molecular weight is 283 g/mol. The highest BCUT2D eigenvalue weighted by Crippen LogP contribution is 2.05. The van der Waals surface area contributed by atoms with Gasteiger partial charge in [0.2, 0.25) is 5.91 Å². The first kappa shape index (κ1) is 15.7. The molecule has 0 radical (unpaired) electrons. The van der Waals surface area contributed by atoms with Crippen LogP contribution in [0.5, 0.6) is 0 Å². The van der Waals surface area contributed by atoms with Gasteiger partial charge in [-0.25, -0.2) is 4.79 Å². The van der Waals surface area contributed by atoms with E-state index in [1.807, 2.05) is 0 Å². The summed E-state index contributed by atoms with van der Waals surface area (Å²) >= 11 is 0. The molecule has 7 nitrogen and oxygen atoms in total. The van der Waals surface area contributed by atoms with E-state index >= 15 is 0 Å². The number of ether oxygens (including phenoxy) is 1. The van der Waals surface area contributed by atoms with Crippen LogP contribution in [0.1, 0.15) is 25.0 Å². The number of carbonyl (C=O) groups excluding carboxylic acids is 2. The maximum atomic E-state index is 11.6. The largest absolute Gasteiger partial charge is 0.480 e. The number of hydrogen-bond donors (Lipinski definition) is 2. The molecule has 1 rings (SSSR count). The van der Waals surface area contributed by atoms with E-state index in [4.69, 9.17) is 9.52 Å². The van der Waals surface area contributed by atoms with Crippen LogP contribution in [0, 0.1) is 0 Å². The zero-order valence-electron chi connectivity index (χ0n) is 11.1. The Hall–Kier alpha value is -2.31. The molecule has 0 aliphatic carbocycles. The highest BCUT2D eigenvalue weighted by molar-refractivity contribution is 5.84. The Labute approximate surface area is 115 Å². The molecule has 20 heavy (non-hydrogen) atoms. The molecule has 0 saturated carbocycles. The lowest BCUT2D eigenvalue weighted by molar-refractivity contribution is -0.144. The molecule has 1 amide bonds. The molecule has 0 spiro atoms. The smallest absolute Gasteiger partial charge is 0.326 e. The third-order valence-electron chi connectivity index (χ3n) is 2.68. The average Bonchev–Trinajstić information content (AvgIpc) is 2.93. The number of amides is 1. The van der Waals surface area contributed by atoms with Crippen LogP contribution < -0.4 is 5.32 Å². The molecule has 0 bridgehead atoms. The Morgan fingerprint density at radius 3 is 2.70 bits per heavy atom. The van der Waals surface area contributed by atoms with E-state index in [-0.39, 0.29) is 19.3 Å². The van der Waals surface area contributed by atoms with E-state index in [9.17, 15) is 14.4 Å². The molecule has 0 saturated heterocycles. The molecule has 1 heterocycles. The molecule has 1 aromatic heterocycles. The van der Waals surface area contributed by atoms with Crippen LogP contribution in [0.4, 0.5) is 0 Å². The van der Waals surface area contributed by atoms with E-state index < -0.39 is 23.9 Å². The topological polar surface area (TPSA) is 106 Å². The number of methoxy groups -OCH3 is 1. The summed E-state index contributed by atoms with van der Waals surface area (Å²) in [5.41, 5.74) is 0. The SMILES string of the molecule is COC(=O)CC[C@@H](NC(=O)CCc1ccco1)C(=O)O. The lowest BCUT2D eigenvalue weighted by atomic mass is 10.1. The van der Waals surface area contributed by atoms with E-state index in [1.165, 1.54) is 13.4 Å². The number of furan rings is 1. The summed E-state index contributed by atoms with van der Waals surface area (Å²) in [4.78, 5) is 33.6. The van der Waals surface area contributed by atoms with E-state index in [2.05, 4.69) is 10.1 Å². The zero-order chi connectivity index (χ0) is 15.0. The highest BCUT2D eigenvalue weighted by atomic mass is 16.5. The fraction of sp³-hybridized carbons (Fsp3) is 0.462. The first-order chi connectivity index (χ1) is 9.52. The molecule has 1 atom stereocenters. The van der Waals surface area contributed by atoms with Crippen molar-refractivity contribution in [3.63, 3.8) is 0 Å². The minimum Gasteiger partial charge on any atom is -0.480 e. The van der Waals surface area contributed by atoms with Gasteiger partial charge in [-0.05, 0) is 18.6 Å². The Kier molecular flexibility index (Phi) is 6.28. The van der Waals surface area contributed by atoms with Crippen molar-refractivity contribution in [2.24, 2.45) is 0 Å². The van der Waals surface area contributed by atoms with Crippen molar-refractivity contribution < 1.29 is 28.6 Å². The molecule has 0 aliphatic heterocycles. The molecule has 1 aromatic rings. The minimum absolute atomic E-state index is 0.00546. The first-order valence-electron chi connectivity index (χ1n) is 6.14. The molecule has 7 heteroatoms. The van der Waals surface area contributed by atoms with Crippen molar-refractivity contribution >= 4 is 17.8 Å². The fourth-order valence-electron chi connectivity index (χ4n) is 1.58. The van der Waals surface area contributed by atoms with Gasteiger partial charge in [-0.3, -0.25) is 9.59 Å². The van der Waals surface area contributed by atoms with Gasteiger partial charge < -0.3 is 19.6 Å². The van der Waals surface area contributed by atoms with Crippen molar-refractivity contribution in [3.05, 3.63) is 24.2 Å². The first-order valence-corrected chi connectivity index (χ1v) is 6.14. The van der Waals surface area contributed by atoms with Crippen LogP contribution in [0.2, 0.25) is 0 Å². The van der Waals surface area contributed by atoms with Gasteiger partial charge in [0.05, 0.1) is 13.4 Å². The van der Waals surface area contributed by atoms with Crippen molar-refractivity contribution in [2.75, 3.05) is 7.11 Å². The van der Waals surface area contributed by atoms with Crippen LogP contribution in [0.3, 0.4) is 0 Å². The number of esters is 1. The Morgan fingerprint density at radius 2 is 2.15 bits per heavy atom. The van der Waals surface area contributed by atoms with Crippen LogP contribution in [0.25, 0.3) is 0 Å². The lowest BCUT2D eigenvalue weighted by Gasteiger charge is -2.13. The normalized spacial score (nSPS) is 11.7. The van der Waals surface area contributed by atoms with E-state index in [0.717, 1.165) is 0 Å². The third-order valence-corrected chi connectivity index (χ3v) is 2.68. The Bertz CT molecular complexity index is 453. The van der Waals surface area contributed by atoms with Crippen molar-refractivity contribution in [2.45, 2.75) is 31.7 Å². The number of aliphatic carboxylic acids is 1. The van der Waals surface area contributed by atoms with Crippen LogP contribution in [-0.4, -0.2) is 36.1 Å². The number of aryl methyl sites for hydroxylation is 1. The van der Waals surface area contributed by atoms with Gasteiger partial charge in [-0.15, -0.1) is 0 Å². The molecule has 110 valence electrons. The van der Waals surface area contributed by atoms with Crippen molar-refractivity contribution in [1.82, 2.24) is 5.32 Å². The second-order valence-electron chi connectivity index (χ2n) is 4.15. The van der Waals surface area contributed by atoms with Gasteiger partial charge in [0.15, 0.2) is 0 Å². The Morgan fingerprint density at radius 1 is 1.40 bits per heavy atom. The monoisotopic (exact) mass is 283 g/mol. The minimum atomic E-state index is -1.18. The maximum absolute atomic E-state index is 11.6. The predicted molar refractivity (Wildman–Crippen MR) is 67.8 cm³/mol. The maximum Gasteiger partial charge on any atom is 0.326 e. The zero-order valence-corrected chi connectivity index (χ0v) is 11.1. The molecular formula is C13H17NO6. The summed E-state index contributed by atoms with van der Waals surface area (Å²) in [6, 6.07) is 2.35. The highest BCUT2D eigenvalue weighted by Gasteiger charge is 2.21. The number of nitrogens with one attached hydrogen (secondary N) is 1.